The number of hydrogen-bond donors (Lipinski definition) is 1. The van der Waals surface area contributed by atoms with Crippen LogP contribution in [-0.4, -0.2) is 22.8 Å². The monoisotopic (exact) mass is 304 g/mol. The number of H-pyrrole nitrogens is 1. The van der Waals surface area contributed by atoms with Crippen LogP contribution in [0.15, 0.2) is 12.1 Å². The van der Waals surface area contributed by atoms with E-state index in [1.54, 1.807) is 6.07 Å². The molecule has 18 heavy (non-hydrogen) atoms. The minimum Gasteiger partial charge on any atom is -0.380 e. The van der Waals surface area contributed by atoms with Crippen LogP contribution in [0.2, 0.25) is 10.0 Å². The summed E-state index contributed by atoms with van der Waals surface area (Å²) in [5.74, 6) is 0. The molecule has 1 unspecified atom stereocenters. The lowest BCUT2D eigenvalue weighted by Crippen LogP contribution is -2.12. The largest absolute Gasteiger partial charge is 0.380 e. The molecule has 3 nitrogen and oxygen atoms in total. The highest BCUT2D eigenvalue weighted by Crippen LogP contribution is 2.29. The second kappa shape index (κ2) is 5.61. The molecule has 1 heterocycles. The Morgan fingerprint density at radius 2 is 2.06 bits per heavy atom. The molecule has 0 bridgehead atoms. The van der Waals surface area contributed by atoms with E-state index in [1.165, 1.54) is 0 Å². The molecule has 98 valence electrons. The average molecular weight is 305 g/mol. The minimum atomic E-state index is 0.142. The van der Waals surface area contributed by atoms with Crippen molar-refractivity contribution in [1.29, 1.82) is 0 Å². The van der Waals surface area contributed by atoms with E-state index in [9.17, 15) is 0 Å². The summed E-state index contributed by atoms with van der Waals surface area (Å²) < 4.78 is 8.09. The van der Waals surface area contributed by atoms with E-state index in [2.05, 4.69) is 11.9 Å². The first-order valence-electron chi connectivity index (χ1n) is 5.71. The number of benzene rings is 1. The molecule has 1 atom stereocenters. The number of aromatic amines is 1. The van der Waals surface area contributed by atoms with Crippen molar-refractivity contribution in [2.75, 3.05) is 13.2 Å². The predicted octanol–water partition coefficient (Wildman–Crippen LogP) is 4.60. The maximum absolute atomic E-state index is 6.05. The molecule has 0 spiro atoms. The number of nitrogens with zero attached hydrogens (tertiary/aromatic N) is 1. The molecule has 0 saturated heterocycles. The summed E-state index contributed by atoms with van der Waals surface area (Å²) in [5, 5.41) is 1.04. The van der Waals surface area contributed by atoms with Gasteiger partial charge in [-0.25, -0.2) is 0 Å². The van der Waals surface area contributed by atoms with Gasteiger partial charge in [0, 0.05) is 6.61 Å². The summed E-state index contributed by atoms with van der Waals surface area (Å²) in [6.45, 7) is 5.32. The van der Waals surface area contributed by atoms with Crippen LogP contribution in [0, 0.1) is 4.77 Å². The van der Waals surface area contributed by atoms with E-state index >= 15 is 0 Å². The van der Waals surface area contributed by atoms with Crippen LogP contribution in [0.3, 0.4) is 0 Å². The maximum Gasteiger partial charge on any atom is 0.178 e. The fourth-order valence-corrected chi connectivity index (χ4v) is 2.63. The highest BCUT2D eigenvalue weighted by atomic mass is 35.5. The van der Waals surface area contributed by atoms with Crippen molar-refractivity contribution in [3.05, 3.63) is 26.9 Å². The molecule has 6 heteroatoms. The molecule has 0 aliphatic rings. The number of imidazole rings is 1. The van der Waals surface area contributed by atoms with Gasteiger partial charge < -0.3 is 14.3 Å². The molecule has 0 radical (unpaired) electrons. The molecule has 0 aliphatic heterocycles. The predicted molar refractivity (Wildman–Crippen MR) is 78.3 cm³/mol. The van der Waals surface area contributed by atoms with Crippen molar-refractivity contribution < 1.29 is 4.74 Å². The minimum absolute atomic E-state index is 0.142. The van der Waals surface area contributed by atoms with Crippen molar-refractivity contribution in [1.82, 2.24) is 9.55 Å². The lowest BCUT2D eigenvalue weighted by atomic mass is 10.3. The summed E-state index contributed by atoms with van der Waals surface area (Å²) >= 11 is 17.4. The molecule has 1 N–H and O–H groups in total. The Bertz CT molecular complexity index is 620. The molecule has 0 saturated carbocycles. The van der Waals surface area contributed by atoms with Crippen molar-refractivity contribution in [2.45, 2.75) is 19.9 Å². The number of aromatic nitrogens is 2. The van der Waals surface area contributed by atoms with E-state index in [4.69, 9.17) is 40.2 Å². The van der Waals surface area contributed by atoms with Crippen LogP contribution in [-0.2, 0) is 4.74 Å². The third kappa shape index (κ3) is 2.57. The standard InChI is InChI=1S/C12H14Cl2N2OS/c1-3-17-6-7(2)16-11-5-9(14)8(13)4-10(11)15-12(16)18/h4-5,7H,3,6H2,1-2H3,(H,15,18). The zero-order chi connectivity index (χ0) is 13.3. The van der Waals surface area contributed by atoms with Gasteiger partial charge in [0.2, 0.25) is 0 Å². The molecular formula is C12H14Cl2N2OS. The Morgan fingerprint density at radius 1 is 1.39 bits per heavy atom. The topological polar surface area (TPSA) is 29.9 Å². The van der Waals surface area contributed by atoms with E-state index in [-0.39, 0.29) is 6.04 Å². The second-order valence-corrected chi connectivity index (χ2v) is 5.29. The van der Waals surface area contributed by atoms with Crippen molar-refractivity contribution in [3.8, 4) is 0 Å². The fraction of sp³-hybridized carbons (Fsp3) is 0.417. The van der Waals surface area contributed by atoms with Gasteiger partial charge in [-0.1, -0.05) is 23.2 Å². The van der Waals surface area contributed by atoms with E-state index in [0.29, 0.717) is 28.0 Å². The van der Waals surface area contributed by atoms with E-state index < -0.39 is 0 Å². The van der Waals surface area contributed by atoms with Crippen LogP contribution in [0.1, 0.15) is 19.9 Å². The summed E-state index contributed by atoms with van der Waals surface area (Å²) in [5.41, 5.74) is 1.83. The van der Waals surface area contributed by atoms with Crippen LogP contribution < -0.4 is 0 Å². The molecular weight excluding hydrogens is 291 g/mol. The molecule has 2 aromatic rings. The highest BCUT2D eigenvalue weighted by Gasteiger charge is 2.13. The van der Waals surface area contributed by atoms with Crippen molar-refractivity contribution in [2.24, 2.45) is 0 Å². The van der Waals surface area contributed by atoms with Crippen LogP contribution in [0.5, 0.6) is 0 Å². The van der Waals surface area contributed by atoms with Gasteiger partial charge in [0.25, 0.3) is 0 Å². The third-order valence-electron chi connectivity index (χ3n) is 2.76. The summed E-state index contributed by atoms with van der Waals surface area (Å²) in [6.07, 6.45) is 0. The number of fused-ring (bicyclic) bond motifs is 1. The van der Waals surface area contributed by atoms with E-state index in [1.807, 2.05) is 17.6 Å². The Hall–Kier alpha value is -0.550. The molecule has 2 rings (SSSR count). The number of nitrogens with one attached hydrogen (secondary N) is 1. The lowest BCUT2D eigenvalue weighted by Gasteiger charge is -2.14. The zero-order valence-electron chi connectivity index (χ0n) is 10.2. The van der Waals surface area contributed by atoms with Gasteiger partial charge >= 0.3 is 0 Å². The van der Waals surface area contributed by atoms with Gasteiger partial charge in [0.1, 0.15) is 0 Å². The molecule has 0 fully saturated rings. The summed E-state index contributed by atoms with van der Waals surface area (Å²) in [7, 11) is 0. The normalized spacial score (nSPS) is 13.1. The lowest BCUT2D eigenvalue weighted by molar-refractivity contribution is 0.119. The average Bonchev–Trinajstić information content (AvgIpc) is 2.62. The van der Waals surface area contributed by atoms with Crippen LogP contribution in [0.25, 0.3) is 11.0 Å². The second-order valence-electron chi connectivity index (χ2n) is 4.09. The maximum atomic E-state index is 6.05. The first-order chi connectivity index (χ1) is 8.54. The molecule has 0 amide bonds. The third-order valence-corrected chi connectivity index (χ3v) is 3.78. The summed E-state index contributed by atoms with van der Waals surface area (Å²) in [6, 6.07) is 3.76. The van der Waals surface area contributed by atoms with Crippen molar-refractivity contribution in [3.63, 3.8) is 0 Å². The fourth-order valence-electron chi connectivity index (χ4n) is 1.92. The van der Waals surface area contributed by atoms with Crippen LogP contribution >= 0.6 is 35.4 Å². The molecule has 1 aromatic carbocycles. The molecule has 1 aromatic heterocycles. The van der Waals surface area contributed by atoms with Gasteiger partial charge in [-0.2, -0.15) is 0 Å². The van der Waals surface area contributed by atoms with Gasteiger partial charge in [-0.15, -0.1) is 0 Å². The number of ether oxygens (including phenoxy) is 1. The Balaban J connectivity index is 2.53. The molecule has 0 aliphatic carbocycles. The van der Waals surface area contributed by atoms with Gasteiger partial charge in [-0.05, 0) is 38.2 Å². The Kier molecular flexibility index (Phi) is 4.33. The SMILES string of the molecule is CCOCC(C)n1c(=S)[nH]c2cc(Cl)c(Cl)cc21. The Morgan fingerprint density at radius 3 is 2.72 bits per heavy atom. The first-order valence-corrected chi connectivity index (χ1v) is 6.88. The number of halogens is 2. The summed E-state index contributed by atoms with van der Waals surface area (Å²) in [4.78, 5) is 3.13. The van der Waals surface area contributed by atoms with Crippen molar-refractivity contribution >= 4 is 46.5 Å². The van der Waals surface area contributed by atoms with Gasteiger partial charge in [-0.3, -0.25) is 0 Å². The zero-order valence-corrected chi connectivity index (χ0v) is 12.5. The highest BCUT2D eigenvalue weighted by molar-refractivity contribution is 7.71. The van der Waals surface area contributed by atoms with Gasteiger partial charge in [0.05, 0.1) is 33.7 Å². The smallest absolute Gasteiger partial charge is 0.178 e. The van der Waals surface area contributed by atoms with Crippen LogP contribution in [0.4, 0.5) is 0 Å². The Labute approximate surface area is 121 Å². The van der Waals surface area contributed by atoms with E-state index in [0.717, 1.165) is 11.0 Å². The number of hydrogen-bond acceptors (Lipinski definition) is 2. The first kappa shape index (κ1) is 13.9. The van der Waals surface area contributed by atoms with Gasteiger partial charge in [0.15, 0.2) is 4.77 Å². The number of rotatable bonds is 4. The quantitative estimate of drug-likeness (QED) is 0.836.